The van der Waals surface area contributed by atoms with Crippen LogP contribution in [-0.4, -0.2) is 57.0 Å². The molecule has 0 radical (unpaired) electrons. The number of carboxylic acid groups (broad SMARTS) is 1. The normalized spacial score (nSPS) is 13.0. The zero-order valence-electron chi connectivity index (χ0n) is 19.2. The van der Waals surface area contributed by atoms with Crippen LogP contribution in [0.1, 0.15) is 41.4 Å². The number of likely N-dealkylation sites (N-methyl/N-ethyl adjacent to an activating group) is 1. The Kier molecular flexibility index (Phi) is 6.36. The van der Waals surface area contributed by atoms with Crippen molar-refractivity contribution < 1.29 is 24.2 Å². The van der Waals surface area contributed by atoms with Crippen LogP contribution in [0.15, 0.2) is 54.7 Å². The van der Waals surface area contributed by atoms with Crippen LogP contribution in [0.3, 0.4) is 0 Å². The number of hydrogen-bond acceptors (Lipinski definition) is 5. The van der Waals surface area contributed by atoms with Crippen molar-refractivity contribution in [3.05, 3.63) is 71.5 Å². The Bertz CT molecular complexity index is 1210. The summed E-state index contributed by atoms with van der Waals surface area (Å²) < 4.78 is 6.86. The highest BCUT2D eigenvalue weighted by Crippen LogP contribution is 2.44. The Balaban J connectivity index is 1.49. The Labute approximate surface area is 196 Å². The molecule has 0 fully saturated rings. The molecule has 2 amide bonds. The van der Waals surface area contributed by atoms with Gasteiger partial charge in [-0.1, -0.05) is 48.5 Å². The molecular formula is C25H26N4O5. The van der Waals surface area contributed by atoms with Crippen LogP contribution < -0.4 is 5.32 Å². The minimum absolute atomic E-state index is 0.0726. The maximum absolute atomic E-state index is 13.1. The van der Waals surface area contributed by atoms with Gasteiger partial charge in [-0.2, -0.15) is 5.10 Å². The fourth-order valence-corrected chi connectivity index (χ4v) is 4.39. The van der Waals surface area contributed by atoms with Gasteiger partial charge in [0.1, 0.15) is 18.3 Å². The van der Waals surface area contributed by atoms with Crippen molar-refractivity contribution in [3.8, 4) is 11.1 Å². The van der Waals surface area contributed by atoms with E-state index in [1.54, 1.807) is 14.0 Å². The third-order valence-corrected chi connectivity index (χ3v) is 6.15. The quantitative estimate of drug-likeness (QED) is 0.553. The Morgan fingerprint density at radius 1 is 1.12 bits per heavy atom. The van der Waals surface area contributed by atoms with E-state index in [-0.39, 0.29) is 30.5 Å². The summed E-state index contributed by atoms with van der Waals surface area (Å²) in [7, 11) is 1.55. The second kappa shape index (κ2) is 9.38. The summed E-state index contributed by atoms with van der Waals surface area (Å²) in [6.07, 6.45) is 0.617. The molecule has 176 valence electrons. The van der Waals surface area contributed by atoms with E-state index in [1.807, 2.05) is 36.4 Å². The summed E-state index contributed by atoms with van der Waals surface area (Å²) in [6, 6.07) is 15.0. The molecular weight excluding hydrogens is 436 g/mol. The summed E-state index contributed by atoms with van der Waals surface area (Å²) in [6.45, 7) is 3.42. The third-order valence-electron chi connectivity index (χ3n) is 6.15. The number of nitrogens with zero attached hydrogens (tertiary/aromatic N) is 3. The molecule has 9 nitrogen and oxygen atoms in total. The first-order valence-corrected chi connectivity index (χ1v) is 11.0. The fourth-order valence-electron chi connectivity index (χ4n) is 4.39. The Morgan fingerprint density at radius 3 is 2.26 bits per heavy atom. The maximum atomic E-state index is 13.1. The predicted octanol–water partition coefficient (Wildman–Crippen LogP) is 3.72. The average Bonchev–Trinajstić information content (AvgIpc) is 3.35. The molecule has 34 heavy (non-hydrogen) atoms. The molecule has 1 aliphatic carbocycles. The van der Waals surface area contributed by atoms with E-state index < -0.39 is 24.0 Å². The average molecular weight is 463 g/mol. The van der Waals surface area contributed by atoms with Crippen LogP contribution in [0, 0.1) is 0 Å². The van der Waals surface area contributed by atoms with Gasteiger partial charge < -0.3 is 14.7 Å². The van der Waals surface area contributed by atoms with E-state index in [0.717, 1.165) is 22.3 Å². The van der Waals surface area contributed by atoms with Gasteiger partial charge in [-0.05, 0) is 36.1 Å². The SMILES string of the molecule is CCN(C(=O)c1c(NC(=O)OCC2c3ccccc3-c3ccccc32)cnn1C)C(C)C(=O)O. The zero-order chi connectivity index (χ0) is 24.4. The summed E-state index contributed by atoms with van der Waals surface area (Å²) in [5, 5.41) is 16.0. The number of ether oxygens (including phenoxy) is 1. The number of carboxylic acids is 1. The van der Waals surface area contributed by atoms with Crippen molar-refractivity contribution in [1.82, 2.24) is 14.7 Å². The van der Waals surface area contributed by atoms with Crippen molar-refractivity contribution in [2.45, 2.75) is 25.8 Å². The molecule has 2 N–H and O–H groups in total. The van der Waals surface area contributed by atoms with Gasteiger partial charge in [0.2, 0.25) is 0 Å². The lowest BCUT2D eigenvalue weighted by molar-refractivity contribution is -0.141. The van der Waals surface area contributed by atoms with Crippen molar-refractivity contribution in [2.75, 3.05) is 18.5 Å². The Morgan fingerprint density at radius 2 is 1.71 bits per heavy atom. The van der Waals surface area contributed by atoms with E-state index in [4.69, 9.17) is 4.74 Å². The highest BCUT2D eigenvalue weighted by molar-refractivity contribution is 6.02. The number of fused-ring (bicyclic) bond motifs is 3. The lowest BCUT2D eigenvalue weighted by Crippen LogP contribution is -2.44. The summed E-state index contributed by atoms with van der Waals surface area (Å²) in [5.74, 6) is -1.77. The van der Waals surface area contributed by atoms with Crippen molar-refractivity contribution >= 4 is 23.7 Å². The van der Waals surface area contributed by atoms with Crippen molar-refractivity contribution in [1.29, 1.82) is 0 Å². The number of aromatic nitrogens is 2. The summed E-state index contributed by atoms with van der Waals surface area (Å²) in [5.41, 5.74) is 4.66. The summed E-state index contributed by atoms with van der Waals surface area (Å²) >= 11 is 0. The van der Waals surface area contributed by atoms with Gasteiger partial charge >= 0.3 is 12.1 Å². The van der Waals surface area contributed by atoms with Crippen molar-refractivity contribution in [3.63, 3.8) is 0 Å². The van der Waals surface area contributed by atoms with Gasteiger partial charge in [-0.15, -0.1) is 0 Å². The molecule has 1 aromatic heterocycles. The molecule has 1 atom stereocenters. The van der Waals surface area contributed by atoms with E-state index in [9.17, 15) is 19.5 Å². The van der Waals surface area contributed by atoms with Gasteiger partial charge in [0.15, 0.2) is 0 Å². The van der Waals surface area contributed by atoms with E-state index in [0.29, 0.717) is 0 Å². The number of hydrogen-bond donors (Lipinski definition) is 2. The third kappa shape index (κ3) is 4.12. The van der Waals surface area contributed by atoms with E-state index in [1.165, 1.54) is 22.7 Å². The first-order valence-electron chi connectivity index (χ1n) is 11.0. The molecule has 3 aromatic rings. The van der Waals surface area contributed by atoms with Crippen LogP contribution in [0.4, 0.5) is 10.5 Å². The molecule has 0 aliphatic heterocycles. The van der Waals surface area contributed by atoms with Gasteiger partial charge in [0, 0.05) is 19.5 Å². The second-order valence-corrected chi connectivity index (χ2v) is 8.09. The van der Waals surface area contributed by atoms with Crippen LogP contribution in [0.5, 0.6) is 0 Å². The largest absolute Gasteiger partial charge is 0.480 e. The second-order valence-electron chi connectivity index (χ2n) is 8.09. The monoisotopic (exact) mass is 462 g/mol. The lowest BCUT2D eigenvalue weighted by Gasteiger charge is -2.25. The number of amides is 2. The molecule has 0 saturated heterocycles. The highest BCUT2D eigenvalue weighted by Gasteiger charge is 2.31. The first kappa shape index (κ1) is 23.0. The molecule has 0 spiro atoms. The highest BCUT2D eigenvalue weighted by atomic mass is 16.5. The number of anilines is 1. The molecule has 9 heteroatoms. The molecule has 0 saturated carbocycles. The number of rotatable bonds is 7. The predicted molar refractivity (Wildman–Crippen MR) is 126 cm³/mol. The number of aryl methyl sites for hydroxylation is 1. The number of nitrogens with one attached hydrogen (secondary N) is 1. The maximum Gasteiger partial charge on any atom is 0.411 e. The van der Waals surface area contributed by atoms with Crippen molar-refractivity contribution in [2.24, 2.45) is 7.05 Å². The molecule has 1 heterocycles. The number of aliphatic carboxylic acids is 1. The molecule has 2 aromatic carbocycles. The first-order chi connectivity index (χ1) is 16.3. The van der Waals surface area contributed by atoms with Crippen LogP contribution >= 0.6 is 0 Å². The molecule has 1 unspecified atom stereocenters. The van der Waals surface area contributed by atoms with Gasteiger partial charge in [-0.25, -0.2) is 9.59 Å². The van der Waals surface area contributed by atoms with Crippen LogP contribution in [0.25, 0.3) is 11.1 Å². The molecule has 0 bridgehead atoms. The van der Waals surface area contributed by atoms with Gasteiger partial charge in [0.25, 0.3) is 5.91 Å². The minimum Gasteiger partial charge on any atom is -0.480 e. The molecule has 1 aliphatic rings. The van der Waals surface area contributed by atoms with Crippen LogP contribution in [0.2, 0.25) is 0 Å². The van der Waals surface area contributed by atoms with Crippen LogP contribution in [-0.2, 0) is 16.6 Å². The van der Waals surface area contributed by atoms with Gasteiger partial charge in [0.05, 0.1) is 11.9 Å². The summed E-state index contributed by atoms with van der Waals surface area (Å²) in [4.78, 5) is 38.3. The standard InChI is InChI=1S/C25H26N4O5/c1-4-29(15(2)24(31)32)23(30)22-21(13-26-28(22)3)27-25(33)34-14-20-18-11-7-5-9-16(18)17-10-6-8-12-19(17)20/h5-13,15,20H,4,14H2,1-3H3,(H,27,33)(H,31,32). The number of carbonyl (C=O) groups excluding carboxylic acids is 2. The lowest BCUT2D eigenvalue weighted by atomic mass is 9.98. The molecule has 4 rings (SSSR count). The minimum atomic E-state index is -1.12. The Hall–Kier alpha value is -4.14. The smallest absolute Gasteiger partial charge is 0.411 e. The van der Waals surface area contributed by atoms with E-state index in [2.05, 4.69) is 22.5 Å². The number of benzene rings is 2. The number of carbonyl (C=O) groups is 3. The zero-order valence-corrected chi connectivity index (χ0v) is 19.2. The fraction of sp³-hybridized carbons (Fsp3) is 0.280. The topological polar surface area (TPSA) is 114 Å². The van der Waals surface area contributed by atoms with E-state index >= 15 is 0 Å². The van der Waals surface area contributed by atoms with Gasteiger partial charge in [-0.3, -0.25) is 14.8 Å².